The third kappa shape index (κ3) is 2.76. The predicted octanol–water partition coefficient (Wildman–Crippen LogP) is 1.70. The van der Waals surface area contributed by atoms with Gasteiger partial charge in [-0.2, -0.15) is 0 Å². The molecule has 0 unspecified atom stereocenters. The fourth-order valence-corrected chi connectivity index (χ4v) is 2.13. The van der Waals surface area contributed by atoms with Gasteiger partial charge in [0.05, 0.1) is 11.9 Å². The van der Waals surface area contributed by atoms with E-state index in [-0.39, 0.29) is 17.5 Å². The van der Waals surface area contributed by atoms with Crippen LogP contribution < -0.4 is 5.32 Å². The molecule has 1 heterocycles. The molecule has 0 atom stereocenters. The Bertz CT molecular complexity index is 691. The van der Waals surface area contributed by atoms with Gasteiger partial charge < -0.3 is 10.4 Å². The zero-order chi connectivity index (χ0) is 14.8. The first-order valence-corrected chi connectivity index (χ1v) is 6.70. The number of anilines is 1. The van der Waals surface area contributed by atoms with Crippen molar-refractivity contribution < 1.29 is 14.7 Å². The maximum absolute atomic E-state index is 11.9. The maximum Gasteiger partial charge on any atom is 0.358 e. The van der Waals surface area contributed by atoms with Crippen molar-refractivity contribution in [2.75, 3.05) is 5.32 Å². The molecule has 0 radical (unpaired) electrons. The fraction of sp³-hybridized carbons (Fsp3) is 0.286. The highest BCUT2D eigenvalue weighted by molar-refractivity contribution is 5.93. The summed E-state index contributed by atoms with van der Waals surface area (Å²) in [4.78, 5) is 22.7. The second kappa shape index (κ2) is 5.35. The molecule has 1 amide bonds. The Hall–Kier alpha value is -2.70. The van der Waals surface area contributed by atoms with E-state index in [1.807, 2.05) is 0 Å². The number of carboxylic acids is 1. The van der Waals surface area contributed by atoms with Crippen LogP contribution in [0.2, 0.25) is 0 Å². The lowest BCUT2D eigenvalue weighted by molar-refractivity contribution is -0.122. The van der Waals surface area contributed by atoms with Crippen LogP contribution in [0.15, 0.2) is 30.5 Å². The summed E-state index contributed by atoms with van der Waals surface area (Å²) in [6.07, 6.45) is 4.32. The Morgan fingerprint density at radius 3 is 2.76 bits per heavy atom. The van der Waals surface area contributed by atoms with Gasteiger partial charge in [-0.05, 0) is 31.0 Å². The number of benzene rings is 1. The standard InChI is InChI=1S/C14H14N4O3/c19-13(9-3-1-4-9)15-10-5-2-6-11(7-10)18-8-12(14(20)21)16-17-18/h2,5-9H,1,3-4H2,(H,15,19)(H,20,21). The van der Waals surface area contributed by atoms with Gasteiger partial charge in [0.2, 0.25) is 5.91 Å². The molecular weight excluding hydrogens is 272 g/mol. The first kappa shape index (κ1) is 13.3. The summed E-state index contributed by atoms with van der Waals surface area (Å²) in [6.45, 7) is 0. The largest absolute Gasteiger partial charge is 0.476 e. The van der Waals surface area contributed by atoms with Gasteiger partial charge >= 0.3 is 5.97 Å². The lowest BCUT2D eigenvalue weighted by atomic mass is 9.85. The van der Waals surface area contributed by atoms with Gasteiger partial charge in [0, 0.05) is 11.6 Å². The van der Waals surface area contributed by atoms with Crippen molar-refractivity contribution in [3.05, 3.63) is 36.2 Å². The van der Waals surface area contributed by atoms with Gasteiger partial charge in [-0.25, -0.2) is 9.48 Å². The molecule has 0 bridgehead atoms. The number of hydrogen-bond donors (Lipinski definition) is 2. The van der Waals surface area contributed by atoms with E-state index in [9.17, 15) is 9.59 Å². The minimum absolute atomic E-state index is 0.0308. The first-order chi connectivity index (χ1) is 10.1. The Kier molecular flexibility index (Phi) is 3.39. The van der Waals surface area contributed by atoms with Crippen molar-refractivity contribution in [2.45, 2.75) is 19.3 Å². The van der Waals surface area contributed by atoms with Gasteiger partial charge in [0.25, 0.3) is 0 Å². The van der Waals surface area contributed by atoms with Crippen molar-refractivity contribution >= 4 is 17.6 Å². The minimum Gasteiger partial charge on any atom is -0.476 e. The summed E-state index contributed by atoms with van der Waals surface area (Å²) in [6, 6.07) is 7.05. The van der Waals surface area contributed by atoms with E-state index < -0.39 is 5.97 Å². The molecule has 2 N–H and O–H groups in total. The van der Waals surface area contributed by atoms with Crippen LogP contribution in [0.5, 0.6) is 0 Å². The van der Waals surface area contributed by atoms with Gasteiger partial charge in [0.1, 0.15) is 0 Å². The molecule has 0 saturated heterocycles. The molecule has 7 heteroatoms. The lowest BCUT2D eigenvalue weighted by Gasteiger charge is -2.24. The second-order valence-corrected chi connectivity index (χ2v) is 5.02. The zero-order valence-corrected chi connectivity index (χ0v) is 11.2. The number of amides is 1. The summed E-state index contributed by atoms with van der Waals surface area (Å²) in [7, 11) is 0. The van der Waals surface area contributed by atoms with E-state index in [2.05, 4.69) is 15.6 Å². The van der Waals surface area contributed by atoms with Gasteiger partial charge in [-0.3, -0.25) is 4.79 Å². The average Bonchev–Trinajstić information content (AvgIpc) is 2.86. The summed E-state index contributed by atoms with van der Waals surface area (Å²) < 4.78 is 1.36. The highest BCUT2D eigenvalue weighted by Crippen LogP contribution is 2.27. The highest BCUT2D eigenvalue weighted by Gasteiger charge is 2.25. The smallest absolute Gasteiger partial charge is 0.358 e. The molecule has 3 rings (SSSR count). The van der Waals surface area contributed by atoms with Crippen LogP contribution in [0.4, 0.5) is 5.69 Å². The number of carbonyl (C=O) groups excluding carboxylic acids is 1. The van der Waals surface area contributed by atoms with Crippen LogP contribution in [0, 0.1) is 5.92 Å². The van der Waals surface area contributed by atoms with Crippen molar-refractivity contribution in [1.29, 1.82) is 0 Å². The molecule has 0 aliphatic heterocycles. The number of hydrogen-bond acceptors (Lipinski definition) is 4. The van der Waals surface area contributed by atoms with Gasteiger partial charge in [-0.15, -0.1) is 5.10 Å². The normalized spacial score (nSPS) is 14.5. The van der Waals surface area contributed by atoms with Gasteiger partial charge in [0.15, 0.2) is 5.69 Å². The van der Waals surface area contributed by atoms with E-state index in [1.54, 1.807) is 24.3 Å². The van der Waals surface area contributed by atoms with Crippen molar-refractivity contribution in [3.63, 3.8) is 0 Å². The van der Waals surface area contributed by atoms with Crippen LogP contribution in [0.1, 0.15) is 29.8 Å². The van der Waals surface area contributed by atoms with E-state index in [0.29, 0.717) is 11.4 Å². The molecule has 1 fully saturated rings. The van der Waals surface area contributed by atoms with Crippen molar-refractivity contribution in [2.24, 2.45) is 5.92 Å². The van der Waals surface area contributed by atoms with Crippen LogP contribution >= 0.6 is 0 Å². The molecule has 1 aromatic carbocycles. The molecule has 1 aliphatic carbocycles. The van der Waals surface area contributed by atoms with Crippen LogP contribution in [-0.2, 0) is 4.79 Å². The number of aromatic carboxylic acids is 1. The number of nitrogens with one attached hydrogen (secondary N) is 1. The van der Waals surface area contributed by atoms with E-state index in [1.165, 1.54) is 10.9 Å². The molecule has 21 heavy (non-hydrogen) atoms. The quantitative estimate of drug-likeness (QED) is 0.891. The third-order valence-electron chi connectivity index (χ3n) is 3.57. The minimum atomic E-state index is -1.13. The fourth-order valence-electron chi connectivity index (χ4n) is 2.13. The molecule has 1 aromatic heterocycles. The monoisotopic (exact) mass is 286 g/mol. The summed E-state index contributed by atoms with van der Waals surface area (Å²) in [5.74, 6) is -0.988. The number of carbonyl (C=O) groups is 2. The predicted molar refractivity (Wildman–Crippen MR) is 74.3 cm³/mol. The molecule has 0 spiro atoms. The summed E-state index contributed by atoms with van der Waals surface area (Å²) in [5, 5.41) is 19.0. The molecule has 7 nitrogen and oxygen atoms in total. The Labute approximate surface area is 120 Å². The Balaban J connectivity index is 1.78. The van der Waals surface area contributed by atoms with Crippen LogP contribution in [0.25, 0.3) is 5.69 Å². The molecular formula is C14H14N4O3. The zero-order valence-electron chi connectivity index (χ0n) is 11.2. The highest BCUT2D eigenvalue weighted by atomic mass is 16.4. The average molecular weight is 286 g/mol. The van der Waals surface area contributed by atoms with E-state index in [4.69, 9.17) is 5.11 Å². The number of rotatable bonds is 4. The molecule has 1 aliphatic rings. The topological polar surface area (TPSA) is 97.1 Å². The SMILES string of the molecule is O=C(O)c1cn(-c2cccc(NC(=O)C3CCC3)c2)nn1. The van der Waals surface area contributed by atoms with Crippen molar-refractivity contribution in [3.8, 4) is 5.69 Å². The first-order valence-electron chi connectivity index (χ1n) is 6.70. The van der Waals surface area contributed by atoms with Crippen LogP contribution in [0.3, 0.4) is 0 Å². The molecule has 2 aromatic rings. The summed E-state index contributed by atoms with van der Waals surface area (Å²) >= 11 is 0. The van der Waals surface area contributed by atoms with Gasteiger partial charge in [-0.1, -0.05) is 17.7 Å². The number of carboxylic acid groups (broad SMARTS) is 1. The number of nitrogens with zero attached hydrogens (tertiary/aromatic N) is 3. The van der Waals surface area contributed by atoms with E-state index in [0.717, 1.165) is 19.3 Å². The summed E-state index contributed by atoms with van der Waals surface area (Å²) in [5.41, 5.74) is 1.18. The number of aromatic nitrogens is 3. The maximum atomic E-state index is 11.9. The Morgan fingerprint density at radius 1 is 1.33 bits per heavy atom. The second-order valence-electron chi connectivity index (χ2n) is 5.02. The molecule has 1 saturated carbocycles. The van der Waals surface area contributed by atoms with E-state index >= 15 is 0 Å². The lowest BCUT2D eigenvalue weighted by Crippen LogP contribution is -2.28. The van der Waals surface area contributed by atoms with Crippen LogP contribution in [-0.4, -0.2) is 32.0 Å². The van der Waals surface area contributed by atoms with Crippen molar-refractivity contribution in [1.82, 2.24) is 15.0 Å². The third-order valence-corrected chi connectivity index (χ3v) is 3.57. The molecule has 108 valence electrons. The Morgan fingerprint density at radius 2 is 2.14 bits per heavy atom.